The van der Waals surface area contributed by atoms with E-state index in [0.717, 1.165) is 6.42 Å². The molecule has 0 aliphatic rings. The summed E-state index contributed by atoms with van der Waals surface area (Å²) in [6.45, 7) is 21.2. The van der Waals surface area contributed by atoms with Gasteiger partial charge in [-0.25, -0.2) is 14.4 Å². The minimum absolute atomic E-state index is 0.127. The SMILES string of the molecule is C=CCC(C)N(C)C(=O)OC(C)(C)C.CC(C)(C)OC(=O)OC(=O)OC(C)(C)C. The van der Waals surface area contributed by atoms with Crippen LogP contribution in [-0.2, 0) is 18.9 Å². The predicted octanol–water partition coefficient (Wildman–Crippen LogP) is 5.69. The molecule has 0 aromatic rings. The summed E-state index contributed by atoms with van der Waals surface area (Å²) in [5.74, 6) is 0. The van der Waals surface area contributed by atoms with Gasteiger partial charge in [-0.3, -0.25) is 0 Å². The standard InChI is InChI=1S/C11H21NO2.C10H18O5/c1-7-8-9(2)12(6)10(13)14-11(3,4)5;1-9(2,3)14-7(11)13-8(12)15-10(4,5)6/h7,9H,1,8H2,2-6H3;1-6H3. The van der Waals surface area contributed by atoms with Crippen molar-refractivity contribution in [3.8, 4) is 0 Å². The van der Waals surface area contributed by atoms with Gasteiger partial charge in [-0.2, -0.15) is 0 Å². The van der Waals surface area contributed by atoms with Crippen molar-refractivity contribution in [2.24, 2.45) is 0 Å². The van der Waals surface area contributed by atoms with Crippen molar-refractivity contribution in [1.29, 1.82) is 0 Å². The summed E-state index contributed by atoms with van der Waals surface area (Å²) in [6, 6.07) is 0.127. The molecule has 0 rings (SSSR count). The minimum atomic E-state index is -1.06. The first-order chi connectivity index (χ1) is 12.8. The van der Waals surface area contributed by atoms with Crippen LogP contribution in [0.4, 0.5) is 14.4 Å². The van der Waals surface area contributed by atoms with Gasteiger partial charge >= 0.3 is 18.4 Å². The number of hydrogen-bond donors (Lipinski definition) is 0. The molecule has 0 saturated carbocycles. The third kappa shape index (κ3) is 18.9. The summed E-state index contributed by atoms with van der Waals surface area (Å²) < 4.78 is 19.0. The van der Waals surface area contributed by atoms with Crippen molar-refractivity contribution in [3.63, 3.8) is 0 Å². The molecule has 0 aromatic heterocycles. The molecule has 0 fully saturated rings. The Morgan fingerprint density at radius 3 is 1.45 bits per heavy atom. The fourth-order valence-corrected chi connectivity index (χ4v) is 1.52. The Bertz CT molecular complexity index is 525. The zero-order valence-electron chi connectivity index (χ0n) is 19.9. The highest BCUT2D eigenvalue weighted by Crippen LogP contribution is 2.12. The van der Waals surface area contributed by atoms with E-state index < -0.39 is 29.1 Å². The topological polar surface area (TPSA) is 91.4 Å². The van der Waals surface area contributed by atoms with E-state index >= 15 is 0 Å². The van der Waals surface area contributed by atoms with Crippen LogP contribution in [0, 0.1) is 0 Å². The monoisotopic (exact) mass is 417 g/mol. The molecule has 0 radical (unpaired) electrons. The zero-order valence-corrected chi connectivity index (χ0v) is 19.9. The summed E-state index contributed by atoms with van der Waals surface area (Å²) in [5, 5.41) is 0. The van der Waals surface area contributed by atoms with E-state index in [1.807, 2.05) is 27.7 Å². The highest BCUT2D eigenvalue weighted by molar-refractivity contribution is 5.77. The van der Waals surface area contributed by atoms with Crippen LogP contribution in [0.2, 0.25) is 0 Å². The van der Waals surface area contributed by atoms with E-state index in [2.05, 4.69) is 11.3 Å². The van der Waals surface area contributed by atoms with Gasteiger partial charge in [-0.1, -0.05) is 6.08 Å². The number of carbonyl (C=O) groups is 3. The molecule has 8 nitrogen and oxygen atoms in total. The minimum Gasteiger partial charge on any atom is -0.444 e. The summed E-state index contributed by atoms with van der Waals surface area (Å²) in [5.41, 5.74) is -1.82. The maximum atomic E-state index is 11.5. The molecule has 0 heterocycles. The molecular formula is C21H39NO7. The Morgan fingerprint density at radius 1 is 0.828 bits per heavy atom. The quantitative estimate of drug-likeness (QED) is 0.252. The van der Waals surface area contributed by atoms with Crippen LogP contribution in [0.25, 0.3) is 0 Å². The predicted molar refractivity (Wildman–Crippen MR) is 112 cm³/mol. The van der Waals surface area contributed by atoms with Gasteiger partial charge in [0, 0.05) is 13.1 Å². The molecule has 0 bridgehead atoms. The molecule has 1 amide bonds. The van der Waals surface area contributed by atoms with Crippen LogP contribution in [0.1, 0.15) is 75.7 Å². The second-order valence-electron chi connectivity index (χ2n) is 9.50. The third-order valence-corrected chi connectivity index (χ3v) is 2.80. The lowest BCUT2D eigenvalue weighted by atomic mass is 10.2. The van der Waals surface area contributed by atoms with Crippen LogP contribution in [0.3, 0.4) is 0 Å². The number of hydrogen-bond acceptors (Lipinski definition) is 7. The number of carbonyl (C=O) groups excluding carboxylic acids is 3. The van der Waals surface area contributed by atoms with E-state index in [-0.39, 0.29) is 12.1 Å². The van der Waals surface area contributed by atoms with Crippen LogP contribution in [0.15, 0.2) is 12.7 Å². The first-order valence-corrected chi connectivity index (χ1v) is 9.48. The average molecular weight is 418 g/mol. The van der Waals surface area contributed by atoms with Gasteiger partial charge in [-0.15, -0.1) is 6.58 Å². The van der Waals surface area contributed by atoms with Gasteiger partial charge in [0.25, 0.3) is 0 Å². The van der Waals surface area contributed by atoms with Gasteiger partial charge < -0.3 is 23.8 Å². The van der Waals surface area contributed by atoms with Crippen molar-refractivity contribution in [3.05, 3.63) is 12.7 Å². The Balaban J connectivity index is 0. The Hall–Kier alpha value is -2.25. The van der Waals surface area contributed by atoms with Crippen molar-refractivity contribution in [2.45, 2.75) is 98.5 Å². The van der Waals surface area contributed by atoms with Crippen LogP contribution >= 0.6 is 0 Å². The van der Waals surface area contributed by atoms with Gasteiger partial charge in [0.05, 0.1) is 0 Å². The molecule has 0 saturated heterocycles. The lowest BCUT2D eigenvalue weighted by Gasteiger charge is -2.28. The Morgan fingerprint density at radius 2 is 1.17 bits per heavy atom. The largest absolute Gasteiger partial charge is 0.519 e. The van der Waals surface area contributed by atoms with E-state index in [9.17, 15) is 14.4 Å². The smallest absolute Gasteiger partial charge is 0.444 e. The van der Waals surface area contributed by atoms with Crippen molar-refractivity contribution in [2.75, 3.05) is 7.05 Å². The van der Waals surface area contributed by atoms with Crippen LogP contribution in [0.5, 0.6) is 0 Å². The summed E-state index contributed by atoms with van der Waals surface area (Å²) in [4.78, 5) is 35.2. The van der Waals surface area contributed by atoms with Crippen molar-refractivity contribution in [1.82, 2.24) is 4.90 Å². The number of nitrogens with zero attached hydrogens (tertiary/aromatic N) is 1. The molecule has 0 N–H and O–H groups in total. The van der Waals surface area contributed by atoms with E-state index in [1.165, 1.54) is 0 Å². The molecule has 8 heteroatoms. The maximum Gasteiger partial charge on any atom is 0.519 e. The molecular weight excluding hydrogens is 378 g/mol. The fourth-order valence-electron chi connectivity index (χ4n) is 1.52. The number of amides is 1. The molecule has 1 atom stereocenters. The molecule has 170 valence electrons. The molecule has 0 aliphatic carbocycles. The third-order valence-electron chi connectivity index (χ3n) is 2.80. The highest BCUT2D eigenvalue weighted by atomic mass is 16.8. The zero-order chi connectivity index (χ0) is 23.6. The molecule has 29 heavy (non-hydrogen) atoms. The van der Waals surface area contributed by atoms with Gasteiger partial charge in [-0.05, 0) is 75.7 Å². The molecule has 0 aromatic carbocycles. The van der Waals surface area contributed by atoms with E-state index in [1.54, 1.807) is 59.6 Å². The van der Waals surface area contributed by atoms with Crippen molar-refractivity contribution < 1.29 is 33.3 Å². The van der Waals surface area contributed by atoms with Gasteiger partial charge in [0.2, 0.25) is 0 Å². The lowest BCUT2D eigenvalue weighted by molar-refractivity contribution is -0.0294. The Kier molecular flexibility index (Phi) is 11.7. The lowest BCUT2D eigenvalue weighted by Crippen LogP contribution is -2.39. The highest BCUT2D eigenvalue weighted by Gasteiger charge is 2.24. The summed E-state index contributed by atoms with van der Waals surface area (Å²) in [7, 11) is 1.74. The van der Waals surface area contributed by atoms with E-state index in [0.29, 0.717) is 0 Å². The van der Waals surface area contributed by atoms with Gasteiger partial charge in [0.1, 0.15) is 16.8 Å². The molecule has 0 aliphatic heterocycles. The second kappa shape index (κ2) is 11.7. The van der Waals surface area contributed by atoms with Gasteiger partial charge in [0.15, 0.2) is 0 Å². The van der Waals surface area contributed by atoms with Crippen LogP contribution in [-0.4, -0.2) is 53.2 Å². The molecule has 0 spiro atoms. The fraction of sp³-hybridized carbons (Fsp3) is 0.762. The average Bonchev–Trinajstić information content (AvgIpc) is 2.40. The van der Waals surface area contributed by atoms with Crippen molar-refractivity contribution >= 4 is 18.4 Å². The summed E-state index contributed by atoms with van der Waals surface area (Å²) >= 11 is 0. The Labute approximate surface area is 175 Å². The maximum absolute atomic E-state index is 11.5. The number of rotatable bonds is 3. The molecule has 1 unspecified atom stereocenters. The number of ether oxygens (including phenoxy) is 4. The van der Waals surface area contributed by atoms with Crippen LogP contribution < -0.4 is 0 Å². The first kappa shape index (κ1) is 29.0. The van der Waals surface area contributed by atoms with E-state index in [4.69, 9.17) is 14.2 Å². The normalized spacial score (nSPS) is 12.5. The second-order valence-corrected chi connectivity index (χ2v) is 9.50. The first-order valence-electron chi connectivity index (χ1n) is 9.48. The summed E-state index contributed by atoms with van der Waals surface area (Å²) in [6.07, 6.45) is 0.168.